The lowest BCUT2D eigenvalue weighted by molar-refractivity contribution is -0.682. The number of rotatable bonds is 0. The third-order valence-corrected chi connectivity index (χ3v) is 2.21. The fourth-order valence-electron chi connectivity index (χ4n) is 0.572. The monoisotopic (exact) mass is 302 g/mol. The van der Waals surface area contributed by atoms with Crippen molar-refractivity contribution in [3.05, 3.63) is 17.1 Å². The summed E-state index contributed by atoms with van der Waals surface area (Å²) in [6, 6.07) is 0. The third kappa shape index (κ3) is 1.93. The molecule has 2 nitrogen and oxygen atoms in total. The van der Waals surface area contributed by atoms with Gasteiger partial charge in [0.2, 0.25) is 0 Å². The van der Waals surface area contributed by atoms with Gasteiger partial charge < -0.3 is 24.0 Å². The standard InChI is InChI=1S/C5H8BrN2.HI/c1-7-3-4-8(2)5(7)6;/h3-4H,1-2H3;1H/q+1;/p-1. The quantitative estimate of drug-likeness (QED) is 0.374. The maximum Gasteiger partial charge on any atom is 0.324 e. The molecule has 0 aliphatic rings. The maximum absolute atomic E-state index is 3.38. The van der Waals surface area contributed by atoms with Gasteiger partial charge in [-0.3, -0.25) is 0 Å². The second-order valence-corrected chi connectivity index (χ2v) is 2.50. The summed E-state index contributed by atoms with van der Waals surface area (Å²) in [7, 11) is 3.98. The molecule has 0 aliphatic carbocycles. The molecule has 0 N–H and O–H groups in total. The molecular formula is C5H8BrIN2. The molecule has 0 bridgehead atoms. The Kier molecular flexibility index (Phi) is 3.72. The highest BCUT2D eigenvalue weighted by Crippen LogP contribution is 1.98. The van der Waals surface area contributed by atoms with Gasteiger partial charge in [-0.05, 0) is 0 Å². The van der Waals surface area contributed by atoms with Gasteiger partial charge in [0.25, 0.3) is 0 Å². The lowest BCUT2D eigenvalue weighted by Gasteiger charge is -1.82. The van der Waals surface area contributed by atoms with Crippen LogP contribution in [0.3, 0.4) is 0 Å². The van der Waals surface area contributed by atoms with Gasteiger partial charge in [-0.25, -0.2) is 9.13 Å². The summed E-state index contributed by atoms with van der Waals surface area (Å²) < 4.78 is 5.08. The lowest BCUT2D eigenvalue weighted by atomic mass is 10.9. The van der Waals surface area contributed by atoms with Crippen molar-refractivity contribution in [1.82, 2.24) is 4.57 Å². The third-order valence-electron chi connectivity index (χ3n) is 1.10. The van der Waals surface area contributed by atoms with E-state index in [4.69, 9.17) is 0 Å². The van der Waals surface area contributed by atoms with Gasteiger partial charge >= 0.3 is 4.73 Å². The van der Waals surface area contributed by atoms with Gasteiger partial charge in [-0.2, -0.15) is 0 Å². The SMILES string of the molecule is Cn1cc[n+](C)c1Br.[I-]. The molecule has 9 heavy (non-hydrogen) atoms. The van der Waals surface area contributed by atoms with Crippen LogP contribution in [0.25, 0.3) is 0 Å². The zero-order valence-corrected chi connectivity index (χ0v) is 9.05. The molecule has 0 spiro atoms. The van der Waals surface area contributed by atoms with Crippen molar-refractivity contribution in [3.8, 4) is 0 Å². The number of imidazole rings is 1. The highest BCUT2D eigenvalue weighted by atomic mass is 127. The summed E-state index contributed by atoms with van der Waals surface area (Å²) >= 11 is 3.38. The van der Waals surface area contributed by atoms with Crippen LogP contribution in [0.2, 0.25) is 0 Å². The van der Waals surface area contributed by atoms with Crippen LogP contribution in [0.4, 0.5) is 0 Å². The molecule has 4 heteroatoms. The summed E-state index contributed by atoms with van der Waals surface area (Å²) in [4.78, 5) is 0. The van der Waals surface area contributed by atoms with Crippen LogP contribution in [0.1, 0.15) is 0 Å². The van der Waals surface area contributed by atoms with Crippen molar-refractivity contribution in [2.75, 3.05) is 0 Å². The lowest BCUT2D eigenvalue weighted by Crippen LogP contribution is -3.00. The summed E-state index contributed by atoms with van der Waals surface area (Å²) in [5, 5.41) is 0. The topological polar surface area (TPSA) is 8.81 Å². The minimum Gasteiger partial charge on any atom is -1.00 e. The van der Waals surface area contributed by atoms with E-state index >= 15 is 0 Å². The highest BCUT2D eigenvalue weighted by Gasteiger charge is 2.03. The van der Waals surface area contributed by atoms with Crippen LogP contribution in [-0.2, 0) is 14.1 Å². The van der Waals surface area contributed by atoms with Crippen LogP contribution < -0.4 is 28.5 Å². The predicted octanol–water partition coefficient (Wildman–Crippen LogP) is -2.38. The molecule has 0 saturated heterocycles. The Bertz CT molecular complexity index is 177. The van der Waals surface area contributed by atoms with Crippen molar-refractivity contribution in [2.24, 2.45) is 14.1 Å². The van der Waals surface area contributed by atoms with Gasteiger partial charge in [-0.15, -0.1) is 0 Å². The smallest absolute Gasteiger partial charge is 0.324 e. The largest absolute Gasteiger partial charge is 1.00 e. The normalized spacial score (nSPS) is 8.78. The van der Waals surface area contributed by atoms with Crippen LogP contribution in [0.15, 0.2) is 17.1 Å². The molecule has 0 atom stereocenters. The molecule has 0 radical (unpaired) electrons. The first-order valence-corrected chi connectivity index (χ1v) is 3.17. The van der Waals surface area contributed by atoms with E-state index in [9.17, 15) is 0 Å². The molecule has 1 aromatic rings. The molecule has 0 fully saturated rings. The molecule has 0 amide bonds. The number of hydrogen-bond acceptors (Lipinski definition) is 0. The van der Waals surface area contributed by atoms with Crippen LogP contribution in [-0.4, -0.2) is 4.57 Å². The minimum atomic E-state index is 0. The van der Waals surface area contributed by atoms with E-state index in [0.29, 0.717) is 0 Å². The first kappa shape index (κ1) is 9.42. The Hall–Kier alpha value is 0.420. The highest BCUT2D eigenvalue weighted by molar-refractivity contribution is 9.10. The van der Waals surface area contributed by atoms with E-state index in [2.05, 4.69) is 15.9 Å². The predicted molar refractivity (Wildman–Crippen MR) is 34.3 cm³/mol. The van der Waals surface area contributed by atoms with Crippen molar-refractivity contribution < 1.29 is 28.5 Å². The van der Waals surface area contributed by atoms with E-state index in [-0.39, 0.29) is 24.0 Å². The molecule has 0 unspecified atom stereocenters. The second kappa shape index (κ2) is 3.55. The first-order valence-electron chi connectivity index (χ1n) is 2.38. The maximum atomic E-state index is 3.38. The number of hydrogen-bond donors (Lipinski definition) is 0. The fourth-order valence-corrected chi connectivity index (χ4v) is 0.808. The zero-order valence-electron chi connectivity index (χ0n) is 5.31. The number of nitrogens with zero attached hydrogens (tertiary/aromatic N) is 2. The van der Waals surface area contributed by atoms with Crippen LogP contribution in [0.5, 0.6) is 0 Å². The van der Waals surface area contributed by atoms with Gasteiger partial charge in [-0.1, -0.05) is 0 Å². The van der Waals surface area contributed by atoms with E-state index in [1.54, 1.807) is 0 Å². The number of halogens is 2. The Labute approximate surface area is 80.0 Å². The number of aromatic nitrogens is 2. The fraction of sp³-hybridized carbons (Fsp3) is 0.400. The molecule has 0 aromatic carbocycles. The Balaban J connectivity index is 0.000000640. The minimum absolute atomic E-state index is 0. The van der Waals surface area contributed by atoms with Gasteiger partial charge in [0.15, 0.2) is 0 Å². The molecule has 0 aliphatic heterocycles. The van der Waals surface area contributed by atoms with Crippen molar-refractivity contribution in [2.45, 2.75) is 0 Å². The molecule has 1 rings (SSSR count). The van der Waals surface area contributed by atoms with E-state index in [1.165, 1.54) is 0 Å². The van der Waals surface area contributed by atoms with Gasteiger partial charge in [0, 0.05) is 15.9 Å². The van der Waals surface area contributed by atoms with Crippen molar-refractivity contribution in [1.29, 1.82) is 0 Å². The molecule has 0 saturated carbocycles. The zero-order chi connectivity index (χ0) is 6.15. The summed E-state index contributed by atoms with van der Waals surface area (Å²) in [6.07, 6.45) is 3.98. The Morgan fingerprint density at radius 2 is 2.22 bits per heavy atom. The molecule has 1 aromatic heterocycles. The summed E-state index contributed by atoms with van der Waals surface area (Å²) in [6.45, 7) is 0. The van der Waals surface area contributed by atoms with E-state index in [0.717, 1.165) is 4.73 Å². The van der Waals surface area contributed by atoms with E-state index in [1.807, 2.05) is 35.6 Å². The summed E-state index contributed by atoms with van der Waals surface area (Å²) in [5.41, 5.74) is 0. The van der Waals surface area contributed by atoms with Crippen molar-refractivity contribution in [3.63, 3.8) is 0 Å². The van der Waals surface area contributed by atoms with Gasteiger partial charge in [0.05, 0.1) is 14.1 Å². The van der Waals surface area contributed by atoms with Gasteiger partial charge in [0.1, 0.15) is 12.4 Å². The Morgan fingerprint density at radius 3 is 2.33 bits per heavy atom. The summed E-state index contributed by atoms with van der Waals surface area (Å²) in [5.74, 6) is 0. The Morgan fingerprint density at radius 1 is 1.67 bits per heavy atom. The first-order chi connectivity index (χ1) is 3.72. The van der Waals surface area contributed by atoms with Crippen molar-refractivity contribution >= 4 is 15.9 Å². The molecule has 1 heterocycles. The molecular weight excluding hydrogens is 295 g/mol. The van der Waals surface area contributed by atoms with E-state index < -0.39 is 0 Å². The van der Waals surface area contributed by atoms with Crippen LogP contribution in [0, 0.1) is 0 Å². The average Bonchev–Trinajstić information content (AvgIpc) is 1.98. The average molecular weight is 303 g/mol. The molecule has 52 valence electrons. The number of aryl methyl sites for hydroxylation is 2. The second-order valence-electron chi connectivity index (χ2n) is 1.79. The van der Waals surface area contributed by atoms with Crippen LogP contribution >= 0.6 is 15.9 Å².